The Balaban J connectivity index is 0.00000324. The van der Waals surface area contributed by atoms with Gasteiger partial charge < -0.3 is 9.47 Å². The average molecular weight is 270 g/mol. The van der Waals surface area contributed by atoms with E-state index in [-0.39, 0.29) is 30.3 Å². The maximum absolute atomic E-state index is 14.6. The minimum atomic E-state index is -0.309. The van der Waals surface area contributed by atoms with Crippen LogP contribution in [0.3, 0.4) is 0 Å². The Kier molecular flexibility index (Phi) is 5.85. The summed E-state index contributed by atoms with van der Waals surface area (Å²) in [6.07, 6.45) is 0. The van der Waals surface area contributed by atoms with Crippen LogP contribution in [0.5, 0.6) is 11.5 Å². The second-order valence-corrected chi connectivity index (χ2v) is 5.79. The summed E-state index contributed by atoms with van der Waals surface area (Å²) in [7, 11) is 2.99. The van der Waals surface area contributed by atoms with Gasteiger partial charge in [0.25, 0.3) is 0 Å². The molecule has 0 bridgehead atoms. The molecule has 0 aromatic heterocycles. The third kappa shape index (κ3) is 3.40. The summed E-state index contributed by atoms with van der Waals surface area (Å²) in [6.45, 7) is 10.2. The predicted octanol–water partition coefficient (Wildman–Crippen LogP) is 4.90. The molecular formula is C16H27FO2. The van der Waals surface area contributed by atoms with Gasteiger partial charge in [-0.05, 0) is 28.5 Å². The van der Waals surface area contributed by atoms with E-state index < -0.39 is 0 Å². The van der Waals surface area contributed by atoms with E-state index in [1.807, 2.05) is 19.9 Å². The number of methoxy groups -OCH3 is 2. The second kappa shape index (κ2) is 6.27. The normalized spacial score (nSPS) is 11.2. The van der Waals surface area contributed by atoms with Crippen LogP contribution in [-0.2, 0) is 5.41 Å². The summed E-state index contributed by atoms with van der Waals surface area (Å²) < 4.78 is 24.9. The highest BCUT2D eigenvalue weighted by Gasteiger charge is 2.27. The number of benzene rings is 1. The number of hydrogen-bond acceptors (Lipinski definition) is 2. The molecule has 1 rings (SSSR count). The van der Waals surface area contributed by atoms with Gasteiger partial charge in [-0.1, -0.05) is 42.0 Å². The van der Waals surface area contributed by atoms with Crippen molar-refractivity contribution in [2.45, 2.75) is 53.4 Å². The lowest BCUT2D eigenvalue weighted by Gasteiger charge is -2.27. The molecule has 0 radical (unpaired) electrons. The fourth-order valence-corrected chi connectivity index (χ4v) is 2.15. The average Bonchev–Trinajstić information content (AvgIpc) is 2.25. The minimum Gasteiger partial charge on any atom is -0.493 e. The van der Waals surface area contributed by atoms with Crippen LogP contribution in [0, 0.1) is 5.82 Å². The van der Waals surface area contributed by atoms with Gasteiger partial charge in [-0.25, -0.2) is 4.39 Å². The van der Waals surface area contributed by atoms with Crippen molar-refractivity contribution >= 4 is 0 Å². The van der Waals surface area contributed by atoms with Crippen molar-refractivity contribution in [1.29, 1.82) is 0 Å². The SMILES string of the molecule is C.COc1cc(C(C)(C)C)c(C(C)C)c(F)c1OC. The highest BCUT2D eigenvalue weighted by Crippen LogP contribution is 2.41. The van der Waals surface area contributed by atoms with E-state index in [9.17, 15) is 4.39 Å². The lowest BCUT2D eigenvalue weighted by molar-refractivity contribution is 0.333. The highest BCUT2D eigenvalue weighted by atomic mass is 19.1. The summed E-state index contributed by atoms with van der Waals surface area (Å²) in [5.41, 5.74) is 1.53. The maximum Gasteiger partial charge on any atom is 0.197 e. The molecule has 2 nitrogen and oxygen atoms in total. The summed E-state index contributed by atoms with van der Waals surface area (Å²) in [4.78, 5) is 0. The van der Waals surface area contributed by atoms with E-state index in [0.29, 0.717) is 11.3 Å². The molecule has 0 atom stereocenters. The Labute approximate surface area is 116 Å². The zero-order valence-corrected chi connectivity index (χ0v) is 12.3. The summed E-state index contributed by atoms with van der Waals surface area (Å²) in [6, 6.07) is 1.89. The summed E-state index contributed by atoms with van der Waals surface area (Å²) >= 11 is 0. The van der Waals surface area contributed by atoms with Crippen LogP contribution in [0.1, 0.15) is 59.1 Å². The molecule has 0 saturated carbocycles. The van der Waals surface area contributed by atoms with Gasteiger partial charge >= 0.3 is 0 Å². The number of ether oxygens (including phenoxy) is 2. The first-order valence-corrected chi connectivity index (χ1v) is 6.18. The smallest absolute Gasteiger partial charge is 0.197 e. The van der Waals surface area contributed by atoms with E-state index in [4.69, 9.17) is 9.47 Å². The molecule has 3 heteroatoms. The summed E-state index contributed by atoms with van der Waals surface area (Å²) in [5, 5.41) is 0. The van der Waals surface area contributed by atoms with Crippen molar-refractivity contribution in [2.75, 3.05) is 14.2 Å². The molecule has 19 heavy (non-hydrogen) atoms. The van der Waals surface area contributed by atoms with Crippen LogP contribution in [0.4, 0.5) is 4.39 Å². The van der Waals surface area contributed by atoms with Crippen LogP contribution in [0.2, 0.25) is 0 Å². The van der Waals surface area contributed by atoms with Crippen LogP contribution >= 0.6 is 0 Å². The molecule has 1 aromatic rings. The molecule has 0 aliphatic rings. The van der Waals surface area contributed by atoms with Gasteiger partial charge in [-0.15, -0.1) is 0 Å². The number of halogens is 1. The molecule has 0 fully saturated rings. The van der Waals surface area contributed by atoms with E-state index in [0.717, 1.165) is 5.56 Å². The molecule has 1 aromatic carbocycles. The zero-order chi connectivity index (χ0) is 14.1. The Hall–Kier alpha value is -1.25. The van der Waals surface area contributed by atoms with Crippen molar-refractivity contribution in [1.82, 2.24) is 0 Å². The standard InChI is InChI=1S/C15H23FO2.CH4/c1-9(2)12-10(15(3,4)5)8-11(17-6)14(18-7)13(12)16;/h8-9H,1-7H3;1H4. The van der Waals surface area contributed by atoms with Crippen molar-refractivity contribution < 1.29 is 13.9 Å². The van der Waals surface area contributed by atoms with Gasteiger partial charge in [-0.2, -0.15) is 0 Å². The van der Waals surface area contributed by atoms with E-state index in [1.54, 1.807) is 0 Å². The fourth-order valence-electron chi connectivity index (χ4n) is 2.15. The van der Waals surface area contributed by atoms with Gasteiger partial charge in [0.1, 0.15) is 0 Å². The largest absolute Gasteiger partial charge is 0.493 e. The zero-order valence-electron chi connectivity index (χ0n) is 12.3. The van der Waals surface area contributed by atoms with E-state index >= 15 is 0 Å². The molecule has 110 valence electrons. The topological polar surface area (TPSA) is 18.5 Å². The first kappa shape index (κ1) is 17.8. The Morgan fingerprint density at radius 2 is 1.63 bits per heavy atom. The lowest BCUT2D eigenvalue weighted by atomic mass is 9.80. The number of hydrogen-bond donors (Lipinski definition) is 0. The van der Waals surface area contributed by atoms with Crippen molar-refractivity contribution in [3.63, 3.8) is 0 Å². The molecular weight excluding hydrogens is 243 g/mol. The first-order valence-electron chi connectivity index (χ1n) is 6.18. The van der Waals surface area contributed by atoms with Gasteiger partial charge in [0.05, 0.1) is 14.2 Å². The summed E-state index contributed by atoms with van der Waals surface area (Å²) in [5.74, 6) is 0.425. The van der Waals surface area contributed by atoms with Crippen molar-refractivity contribution in [3.05, 3.63) is 23.0 Å². The highest BCUT2D eigenvalue weighted by molar-refractivity contribution is 5.52. The van der Waals surface area contributed by atoms with Crippen LogP contribution < -0.4 is 9.47 Å². The van der Waals surface area contributed by atoms with Gasteiger partial charge in [0, 0.05) is 0 Å². The predicted molar refractivity (Wildman–Crippen MR) is 79.0 cm³/mol. The molecule has 0 amide bonds. The molecule has 0 saturated heterocycles. The van der Waals surface area contributed by atoms with Crippen molar-refractivity contribution in [3.8, 4) is 11.5 Å². The van der Waals surface area contributed by atoms with Gasteiger partial charge in [0.2, 0.25) is 0 Å². The number of rotatable bonds is 3. The van der Waals surface area contributed by atoms with Gasteiger partial charge in [-0.3, -0.25) is 0 Å². The maximum atomic E-state index is 14.6. The molecule has 0 spiro atoms. The quantitative estimate of drug-likeness (QED) is 0.777. The molecule has 0 unspecified atom stereocenters. The first-order chi connectivity index (χ1) is 8.23. The Bertz CT molecular complexity index is 431. The van der Waals surface area contributed by atoms with E-state index in [2.05, 4.69) is 20.8 Å². The molecule has 0 heterocycles. The minimum absolute atomic E-state index is 0. The third-order valence-electron chi connectivity index (χ3n) is 3.03. The van der Waals surface area contributed by atoms with E-state index in [1.165, 1.54) is 14.2 Å². The fraction of sp³-hybridized carbons (Fsp3) is 0.625. The molecule has 0 N–H and O–H groups in total. The van der Waals surface area contributed by atoms with Gasteiger partial charge in [0.15, 0.2) is 17.3 Å². The lowest BCUT2D eigenvalue weighted by Crippen LogP contribution is -2.17. The molecule has 0 aliphatic heterocycles. The molecule has 0 aliphatic carbocycles. The van der Waals surface area contributed by atoms with Crippen molar-refractivity contribution in [2.24, 2.45) is 0 Å². The Morgan fingerprint density at radius 1 is 1.11 bits per heavy atom. The monoisotopic (exact) mass is 270 g/mol. The second-order valence-electron chi connectivity index (χ2n) is 5.79. The van der Waals surface area contributed by atoms with Crippen LogP contribution in [0.15, 0.2) is 6.07 Å². The van der Waals surface area contributed by atoms with Crippen LogP contribution in [-0.4, -0.2) is 14.2 Å². The van der Waals surface area contributed by atoms with Crippen LogP contribution in [0.25, 0.3) is 0 Å². The Morgan fingerprint density at radius 3 is 1.95 bits per heavy atom. The third-order valence-corrected chi connectivity index (χ3v) is 3.03.